The van der Waals surface area contributed by atoms with Gasteiger partial charge in [-0.1, -0.05) is 0 Å². The number of halogens is 1. The largest absolute Gasteiger partial charge is 1.00 e. The Morgan fingerprint density at radius 2 is 2.21 bits per heavy atom. The summed E-state index contributed by atoms with van der Waals surface area (Å²) in [5.41, 5.74) is 4.11. The smallest absolute Gasteiger partial charge is 0.520 e. The molecule has 2 nitrogen and oxygen atoms in total. The van der Waals surface area contributed by atoms with Gasteiger partial charge in [-0.25, -0.2) is 0 Å². The van der Waals surface area contributed by atoms with Crippen LogP contribution in [0.1, 0.15) is 6.42 Å². The fourth-order valence-corrected chi connectivity index (χ4v) is 1.27. The zero-order chi connectivity index (χ0) is 9.68. The first-order valence-corrected chi connectivity index (χ1v) is 4.53. The second kappa shape index (κ2) is 7.12. The number of allylic oxidation sites excluding steroid dienone is 1. The third-order valence-electron chi connectivity index (χ3n) is 1.74. The Morgan fingerprint density at radius 1 is 1.50 bits per heavy atom. The summed E-state index contributed by atoms with van der Waals surface area (Å²) in [4.78, 5) is 0. The predicted molar refractivity (Wildman–Crippen MR) is 52.3 cm³/mol. The summed E-state index contributed by atoms with van der Waals surface area (Å²) in [6, 6.07) is 0. The molecule has 0 aliphatic heterocycles. The number of hydrogen-bond acceptors (Lipinski definition) is 2. The van der Waals surface area contributed by atoms with Gasteiger partial charge in [0.2, 0.25) is 0 Å². The average Bonchev–Trinajstić information content (AvgIpc) is 2.18. The van der Waals surface area contributed by atoms with Gasteiger partial charge >= 0.3 is 18.9 Å². The van der Waals surface area contributed by atoms with E-state index in [0.29, 0.717) is 12.0 Å². The van der Waals surface area contributed by atoms with Gasteiger partial charge in [-0.2, -0.15) is 0 Å². The number of hydrogen-bond donors (Lipinski definition) is 0. The fraction of sp³-hybridized carbons (Fsp3) is 0.400. The van der Waals surface area contributed by atoms with Crippen LogP contribution < -0.4 is 18.9 Å². The molecule has 0 aromatic rings. The first kappa shape index (κ1) is 13.8. The van der Waals surface area contributed by atoms with E-state index in [9.17, 15) is 0 Å². The standard InChI is InChI=1S/C10H12ClO2.Li/c1-12-9-4-3-8(5-6-11)7-10(9)13-2;/h4,7H,5-6H2,1-2H3;/q-1;+1. The van der Waals surface area contributed by atoms with Crippen LogP contribution in [0, 0.1) is 6.10 Å². The monoisotopic (exact) mass is 206 g/mol. The fourth-order valence-electron chi connectivity index (χ4n) is 1.07. The number of ether oxygens (including phenoxy) is 2. The van der Waals surface area contributed by atoms with Gasteiger partial charge in [0.25, 0.3) is 0 Å². The zero-order valence-corrected chi connectivity index (χ0v) is 9.52. The van der Waals surface area contributed by atoms with E-state index >= 15 is 0 Å². The molecule has 0 unspecified atom stereocenters. The molecular formula is C10H12ClLiO2. The number of rotatable bonds is 4. The second-order valence-electron chi connectivity index (χ2n) is 2.53. The SMILES string of the molecule is COC1=CC(CCCl)=C=C[C-]1OC.[Li+]. The van der Waals surface area contributed by atoms with Crippen molar-refractivity contribution in [3.05, 3.63) is 35.3 Å². The van der Waals surface area contributed by atoms with Crippen molar-refractivity contribution in [2.24, 2.45) is 0 Å². The minimum atomic E-state index is 0. The van der Waals surface area contributed by atoms with Crippen LogP contribution in [0.3, 0.4) is 0 Å². The molecule has 1 aliphatic rings. The molecule has 72 valence electrons. The first-order chi connectivity index (χ1) is 6.31. The van der Waals surface area contributed by atoms with Crippen molar-refractivity contribution in [3.8, 4) is 0 Å². The molecule has 0 bridgehead atoms. The molecule has 0 heterocycles. The minimum Gasteiger partial charge on any atom is -0.520 e. The third kappa shape index (κ3) is 3.50. The van der Waals surface area contributed by atoms with Gasteiger partial charge in [-0.05, 0) is 6.42 Å². The first-order valence-electron chi connectivity index (χ1n) is 4.00. The molecule has 4 heteroatoms. The van der Waals surface area contributed by atoms with Gasteiger partial charge in [0.05, 0.1) is 7.11 Å². The molecule has 0 saturated carbocycles. The average molecular weight is 207 g/mol. The van der Waals surface area contributed by atoms with Gasteiger partial charge < -0.3 is 9.47 Å². The van der Waals surface area contributed by atoms with Crippen LogP contribution in [0.15, 0.2) is 29.2 Å². The molecule has 0 fully saturated rings. The van der Waals surface area contributed by atoms with Gasteiger partial charge in [0, 0.05) is 24.9 Å². The normalized spacial score (nSPS) is 14.4. The van der Waals surface area contributed by atoms with E-state index in [0.717, 1.165) is 17.8 Å². The molecule has 0 N–H and O–H groups in total. The summed E-state index contributed by atoms with van der Waals surface area (Å²) in [7, 11) is 3.22. The molecule has 0 atom stereocenters. The molecule has 0 aromatic heterocycles. The number of methoxy groups -OCH3 is 2. The Labute approximate surface area is 102 Å². The molecule has 0 amide bonds. The van der Waals surface area contributed by atoms with E-state index in [1.54, 1.807) is 20.3 Å². The zero-order valence-electron chi connectivity index (χ0n) is 8.76. The van der Waals surface area contributed by atoms with E-state index in [1.165, 1.54) is 0 Å². The van der Waals surface area contributed by atoms with Crippen LogP contribution in [-0.4, -0.2) is 20.1 Å². The topological polar surface area (TPSA) is 18.5 Å². The molecule has 1 rings (SSSR count). The maximum Gasteiger partial charge on any atom is 1.00 e. The van der Waals surface area contributed by atoms with Crippen molar-refractivity contribution in [3.63, 3.8) is 0 Å². The van der Waals surface area contributed by atoms with E-state index < -0.39 is 0 Å². The summed E-state index contributed by atoms with van der Waals surface area (Å²) in [5.74, 6) is 1.31. The number of alkyl halides is 1. The van der Waals surface area contributed by atoms with Gasteiger partial charge in [0.1, 0.15) is 0 Å². The van der Waals surface area contributed by atoms with Crippen molar-refractivity contribution < 1.29 is 28.3 Å². The molecule has 0 saturated heterocycles. The van der Waals surface area contributed by atoms with Crippen molar-refractivity contribution in [2.75, 3.05) is 20.1 Å². The van der Waals surface area contributed by atoms with Crippen LogP contribution in [-0.2, 0) is 9.47 Å². The van der Waals surface area contributed by atoms with Gasteiger partial charge in [0.15, 0.2) is 0 Å². The van der Waals surface area contributed by atoms with E-state index in [2.05, 4.69) is 5.73 Å². The molecule has 0 aromatic carbocycles. The molecule has 0 spiro atoms. The van der Waals surface area contributed by atoms with Gasteiger partial charge in [-0.3, -0.25) is 5.73 Å². The summed E-state index contributed by atoms with van der Waals surface area (Å²) in [6.45, 7) is 0. The summed E-state index contributed by atoms with van der Waals surface area (Å²) < 4.78 is 10.2. The maximum atomic E-state index is 5.61. The van der Waals surface area contributed by atoms with E-state index in [1.807, 2.05) is 6.08 Å². The van der Waals surface area contributed by atoms with Crippen LogP contribution in [0.4, 0.5) is 0 Å². The quantitative estimate of drug-likeness (QED) is 0.265. The van der Waals surface area contributed by atoms with Crippen LogP contribution in [0.5, 0.6) is 0 Å². The second-order valence-corrected chi connectivity index (χ2v) is 2.91. The Hall–Kier alpha value is -0.223. The maximum absolute atomic E-state index is 5.61. The van der Waals surface area contributed by atoms with Crippen molar-refractivity contribution in [1.82, 2.24) is 0 Å². The third-order valence-corrected chi connectivity index (χ3v) is 1.93. The van der Waals surface area contributed by atoms with E-state index in [-0.39, 0.29) is 18.9 Å². The van der Waals surface area contributed by atoms with Crippen LogP contribution in [0.2, 0.25) is 0 Å². The Bertz CT molecular complexity index is 267. The predicted octanol–water partition coefficient (Wildman–Crippen LogP) is -0.577. The Morgan fingerprint density at radius 3 is 2.71 bits per heavy atom. The van der Waals surface area contributed by atoms with Crippen molar-refractivity contribution >= 4 is 11.6 Å². The minimum absolute atomic E-state index is 0. The van der Waals surface area contributed by atoms with Crippen LogP contribution in [0.25, 0.3) is 0 Å². The van der Waals surface area contributed by atoms with Crippen molar-refractivity contribution in [2.45, 2.75) is 6.42 Å². The Balaban J connectivity index is 0.00000169. The van der Waals surface area contributed by atoms with Crippen molar-refractivity contribution in [1.29, 1.82) is 0 Å². The Kier molecular flexibility index (Phi) is 7.01. The van der Waals surface area contributed by atoms with Crippen LogP contribution >= 0.6 is 11.6 Å². The van der Waals surface area contributed by atoms with E-state index in [4.69, 9.17) is 21.1 Å². The molecule has 1 aliphatic carbocycles. The van der Waals surface area contributed by atoms with Gasteiger partial charge in [-0.15, -0.1) is 29.3 Å². The summed E-state index contributed by atoms with van der Waals surface area (Å²) >= 11 is 5.61. The molecule has 0 radical (unpaired) electrons. The summed E-state index contributed by atoms with van der Waals surface area (Å²) in [5, 5.41) is 0. The molecular weight excluding hydrogens is 195 g/mol. The summed E-state index contributed by atoms with van der Waals surface area (Å²) in [6.07, 6.45) is 5.14. The molecule has 14 heavy (non-hydrogen) atoms.